The van der Waals surface area contributed by atoms with Crippen molar-refractivity contribution in [3.63, 3.8) is 0 Å². The molecule has 0 heterocycles. The Balaban J connectivity index is 0.000000368. The summed E-state index contributed by atoms with van der Waals surface area (Å²) in [5, 5.41) is 18.1. The molecule has 0 radical (unpaired) electrons. The Kier molecular flexibility index (Phi) is 9.54. The van der Waals surface area contributed by atoms with Crippen molar-refractivity contribution in [3.05, 3.63) is 0 Å². The van der Waals surface area contributed by atoms with E-state index in [2.05, 4.69) is 41.5 Å². The Hall–Kier alpha value is -1.06. The molecular weight excluding hydrogens is 460 g/mol. The summed E-state index contributed by atoms with van der Waals surface area (Å²) in [5.74, 6) is 2.50. The van der Waals surface area contributed by atoms with Crippen LogP contribution in [0.2, 0.25) is 0 Å². The summed E-state index contributed by atoms with van der Waals surface area (Å²) in [5.41, 5.74) is 1.10. The number of carbonyl (C=O) groups is 2. The molecule has 214 valence electrons. The van der Waals surface area contributed by atoms with Crippen LogP contribution in [0.15, 0.2) is 0 Å². The van der Waals surface area contributed by atoms with Crippen LogP contribution in [0.1, 0.15) is 145 Å². The van der Waals surface area contributed by atoms with Crippen LogP contribution in [0.3, 0.4) is 0 Å². The van der Waals surface area contributed by atoms with Crippen molar-refractivity contribution >= 4 is 11.9 Å². The molecule has 0 bridgehead atoms. The number of hydrogen-bond donors (Lipinski definition) is 2. The van der Waals surface area contributed by atoms with Gasteiger partial charge in [0.05, 0.1) is 5.41 Å². The molecule has 0 aromatic heterocycles. The standard InChI is InChI=1S/C26H42O2.C4H8O2.C3H8/c1-23(2)12-6-13-25(4)20(23)11-15-24(3)18-10-16-26(22(27)28)14-5-7-19(26)17(18)8-9-21(24)25;1-2-3-4(5)6;1-3-2/h17-21H,5-16H2,1-4H3,(H,27,28);2-3H2,1H3,(H,5,6);3H2,1-2H3. The SMILES string of the molecule is CC1(C)CCCC2(C)C1CCC1(C)C3CCC4(C(=O)O)CCCC4C3CCC12.CCC.CCCC(=O)O. The maximum Gasteiger partial charge on any atom is 0.309 e. The molecule has 0 aromatic rings. The Bertz CT molecular complexity index is 804. The first-order valence-electron chi connectivity index (χ1n) is 15.8. The lowest BCUT2D eigenvalue weighted by Gasteiger charge is -2.68. The van der Waals surface area contributed by atoms with E-state index in [1.807, 2.05) is 6.92 Å². The number of carboxylic acids is 2. The van der Waals surface area contributed by atoms with Crippen LogP contribution in [0.4, 0.5) is 0 Å². The number of fused-ring (bicyclic) bond motifs is 7. The van der Waals surface area contributed by atoms with Crippen LogP contribution in [0.25, 0.3) is 0 Å². The lowest BCUT2D eigenvalue weighted by atomic mass is 9.36. The zero-order chi connectivity index (χ0) is 27.6. The minimum atomic E-state index is -0.711. The molecular formula is C33H58O4. The van der Waals surface area contributed by atoms with Gasteiger partial charge in [-0.3, -0.25) is 9.59 Å². The van der Waals surface area contributed by atoms with Crippen molar-refractivity contribution in [2.75, 3.05) is 0 Å². The number of hydrogen-bond acceptors (Lipinski definition) is 2. The molecule has 4 nitrogen and oxygen atoms in total. The van der Waals surface area contributed by atoms with Crippen LogP contribution in [-0.4, -0.2) is 22.2 Å². The average molecular weight is 519 g/mol. The van der Waals surface area contributed by atoms with Gasteiger partial charge in [-0.15, -0.1) is 0 Å². The van der Waals surface area contributed by atoms with E-state index < -0.39 is 11.9 Å². The normalized spacial score (nSPS) is 43.3. The zero-order valence-electron chi connectivity index (χ0n) is 25.2. The highest BCUT2D eigenvalue weighted by molar-refractivity contribution is 5.75. The third-order valence-corrected chi connectivity index (χ3v) is 12.1. The predicted octanol–water partition coefficient (Wildman–Crippen LogP) is 9.21. The monoisotopic (exact) mass is 518 g/mol. The summed E-state index contributed by atoms with van der Waals surface area (Å²) in [7, 11) is 0. The Morgan fingerprint density at radius 3 is 1.95 bits per heavy atom. The topological polar surface area (TPSA) is 74.6 Å². The van der Waals surface area contributed by atoms with Gasteiger partial charge < -0.3 is 10.2 Å². The maximum absolute atomic E-state index is 12.3. The van der Waals surface area contributed by atoms with E-state index in [9.17, 15) is 14.7 Å². The quantitative estimate of drug-likeness (QED) is 0.390. The lowest BCUT2D eigenvalue weighted by molar-refractivity contribution is -0.200. The summed E-state index contributed by atoms with van der Waals surface area (Å²) < 4.78 is 0. The lowest BCUT2D eigenvalue weighted by Crippen LogP contribution is -2.61. The first-order valence-corrected chi connectivity index (χ1v) is 15.8. The molecule has 5 saturated carbocycles. The molecule has 8 unspecified atom stereocenters. The van der Waals surface area contributed by atoms with Gasteiger partial charge in [0.2, 0.25) is 0 Å². The van der Waals surface area contributed by atoms with Gasteiger partial charge in [-0.05, 0) is 116 Å². The summed E-state index contributed by atoms with van der Waals surface area (Å²) in [6, 6.07) is 0. The van der Waals surface area contributed by atoms with Crippen LogP contribution in [0, 0.1) is 51.2 Å². The van der Waals surface area contributed by atoms with Crippen LogP contribution in [-0.2, 0) is 9.59 Å². The van der Waals surface area contributed by atoms with E-state index in [1.165, 1.54) is 64.2 Å². The predicted molar refractivity (Wildman–Crippen MR) is 151 cm³/mol. The fourth-order valence-corrected chi connectivity index (χ4v) is 10.9. The van der Waals surface area contributed by atoms with E-state index in [0.29, 0.717) is 34.5 Å². The Morgan fingerprint density at radius 1 is 0.703 bits per heavy atom. The number of rotatable bonds is 3. The third kappa shape index (κ3) is 5.38. The Morgan fingerprint density at radius 2 is 1.38 bits per heavy atom. The second-order valence-electron chi connectivity index (χ2n) is 14.7. The van der Waals surface area contributed by atoms with Gasteiger partial charge in [-0.1, -0.05) is 67.7 Å². The second kappa shape index (κ2) is 11.6. The van der Waals surface area contributed by atoms with E-state index in [-0.39, 0.29) is 5.41 Å². The fraction of sp³-hybridized carbons (Fsp3) is 0.939. The van der Waals surface area contributed by atoms with Crippen molar-refractivity contribution in [1.82, 2.24) is 0 Å². The molecule has 0 amide bonds. The molecule has 5 aliphatic rings. The van der Waals surface area contributed by atoms with Crippen LogP contribution in [0.5, 0.6) is 0 Å². The second-order valence-corrected chi connectivity index (χ2v) is 14.7. The molecule has 37 heavy (non-hydrogen) atoms. The van der Waals surface area contributed by atoms with Gasteiger partial charge in [0.15, 0.2) is 0 Å². The van der Waals surface area contributed by atoms with Gasteiger partial charge in [-0.2, -0.15) is 0 Å². The van der Waals surface area contributed by atoms with Crippen molar-refractivity contribution in [2.45, 2.75) is 145 Å². The smallest absolute Gasteiger partial charge is 0.309 e. The van der Waals surface area contributed by atoms with E-state index in [1.54, 1.807) is 0 Å². The van der Waals surface area contributed by atoms with Crippen LogP contribution >= 0.6 is 0 Å². The average Bonchev–Trinajstić information content (AvgIpc) is 3.25. The van der Waals surface area contributed by atoms with Gasteiger partial charge >= 0.3 is 11.9 Å². The Labute approximate surface area is 227 Å². The molecule has 0 spiro atoms. The molecule has 0 aliphatic heterocycles. The van der Waals surface area contributed by atoms with Crippen molar-refractivity contribution in [1.29, 1.82) is 0 Å². The highest BCUT2D eigenvalue weighted by Crippen LogP contribution is 2.72. The first kappa shape index (κ1) is 30.5. The van der Waals surface area contributed by atoms with E-state index >= 15 is 0 Å². The number of aliphatic carboxylic acids is 2. The maximum atomic E-state index is 12.3. The molecule has 8 atom stereocenters. The minimum Gasteiger partial charge on any atom is -0.481 e. The highest BCUT2D eigenvalue weighted by atomic mass is 16.4. The summed E-state index contributed by atoms with van der Waals surface area (Å²) in [4.78, 5) is 21.9. The molecule has 5 fully saturated rings. The molecule has 5 rings (SSSR count). The first-order chi connectivity index (χ1) is 17.3. The summed E-state index contributed by atoms with van der Waals surface area (Å²) in [6.45, 7) is 16.5. The number of carboxylic acid groups (broad SMARTS) is 2. The largest absolute Gasteiger partial charge is 0.481 e. The van der Waals surface area contributed by atoms with E-state index in [4.69, 9.17) is 5.11 Å². The van der Waals surface area contributed by atoms with Crippen LogP contribution < -0.4 is 0 Å². The van der Waals surface area contributed by atoms with Gasteiger partial charge in [0.25, 0.3) is 0 Å². The molecule has 4 heteroatoms. The van der Waals surface area contributed by atoms with Gasteiger partial charge in [-0.25, -0.2) is 0 Å². The van der Waals surface area contributed by atoms with Gasteiger partial charge in [0.1, 0.15) is 0 Å². The van der Waals surface area contributed by atoms with E-state index in [0.717, 1.165) is 43.4 Å². The van der Waals surface area contributed by atoms with Crippen molar-refractivity contribution < 1.29 is 19.8 Å². The molecule has 0 saturated heterocycles. The minimum absolute atomic E-state index is 0.292. The van der Waals surface area contributed by atoms with Crippen molar-refractivity contribution in [3.8, 4) is 0 Å². The molecule has 0 aromatic carbocycles. The summed E-state index contributed by atoms with van der Waals surface area (Å²) in [6.07, 6.45) is 17.4. The van der Waals surface area contributed by atoms with Gasteiger partial charge in [0, 0.05) is 6.42 Å². The molecule has 5 aliphatic carbocycles. The zero-order valence-corrected chi connectivity index (χ0v) is 25.2. The molecule has 2 N–H and O–H groups in total. The summed E-state index contributed by atoms with van der Waals surface area (Å²) >= 11 is 0. The fourth-order valence-electron chi connectivity index (χ4n) is 10.9. The van der Waals surface area contributed by atoms with Crippen molar-refractivity contribution in [2.24, 2.45) is 51.2 Å². The highest BCUT2D eigenvalue weighted by Gasteiger charge is 2.66. The third-order valence-electron chi connectivity index (χ3n) is 12.1.